The van der Waals surface area contributed by atoms with E-state index in [9.17, 15) is 9.59 Å². The van der Waals surface area contributed by atoms with E-state index in [1.165, 1.54) is 0 Å². The number of aliphatic hydroxyl groups is 1. The Morgan fingerprint density at radius 3 is 2.60 bits per heavy atom. The molecule has 1 rings (SSSR count). The first-order chi connectivity index (χ1) is 9.54. The standard InChI is InChI=1S/C13H17BrN2O4/c14-10-4-2-1-3-9(10)11(6-8-17)16-13(20)15-7-5-12(18)19/h1-4,11,17H,5-8H2,(H,18,19)(H2,15,16,20). The molecule has 20 heavy (non-hydrogen) atoms. The molecule has 2 amide bonds. The summed E-state index contributed by atoms with van der Waals surface area (Å²) in [5, 5.41) is 22.8. The van der Waals surface area contributed by atoms with Gasteiger partial charge in [-0.3, -0.25) is 4.79 Å². The first-order valence-corrected chi connectivity index (χ1v) is 6.95. The van der Waals surface area contributed by atoms with Crippen LogP contribution in [0.1, 0.15) is 24.4 Å². The Labute approximate surface area is 125 Å². The van der Waals surface area contributed by atoms with Crippen LogP contribution in [0.2, 0.25) is 0 Å². The first-order valence-electron chi connectivity index (χ1n) is 6.16. The normalized spacial score (nSPS) is 11.7. The fourth-order valence-corrected chi connectivity index (χ4v) is 2.25. The third-order valence-electron chi connectivity index (χ3n) is 2.63. The maximum Gasteiger partial charge on any atom is 0.315 e. The number of carboxylic acid groups (broad SMARTS) is 1. The lowest BCUT2D eigenvalue weighted by atomic mass is 10.0. The molecule has 7 heteroatoms. The Morgan fingerprint density at radius 2 is 2.00 bits per heavy atom. The van der Waals surface area contributed by atoms with Crippen molar-refractivity contribution in [2.24, 2.45) is 0 Å². The second-order valence-corrected chi connectivity index (χ2v) is 4.98. The molecule has 1 unspecified atom stereocenters. The minimum atomic E-state index is -0.969. The number of carbonyl (C=O) groups excluding carboxylic acids is 1. The predicted molar refractivity (Wildman–Crippen MR) is 77.4 cm³/mol. The van der Waals surface area contributed by atoms with Crippen LogP contribution >= 0.6 is 15.9 Å². The van der Waals surface area contributed by atoms with Gasteiger partial charge in [-0.2, -0.15) is 0 Å². The molecule has 0 aromatic heterocycles. The topological polar surface area (TPSA) is 98.7 Å². The van der Waals surface area contributed by atoms with Crippen molar-refractivity contribution in [2.75, 3.05) is 13.2 Å². The van der Waals surface area contributed by atoms with Gasteiger partial charge >= 0.3 is 12.0 Å². The Morgan fingerprint density at radius 1 is 1.30 bits per heavy atom. The van der Waals surface area contributed by atoms with Gasteiger partial charge in [0.2, 0.25) is 0 Å². The lowest BCUT2D eigenvalue weighted by Crippen LogP contribution is -2.39. The number of amides is 2. The van der Waals surface area contributed by atoms with E-state index in [0.29, 0.717) is 6.42 Å². The Bertz CT molecular complexity index is 467. The number of rotatable bonds is 7. The number of benzene rings is 1. The van der Waals surface area contributed by atoms with Crippen molar-refractivity contribution in [3.05, 3.63) is 34.3 Å². The molecule has 4 N–H and O–H groups in total. The molecule has 6 nitrogen and oxygen atoms in total. The average molecular weight is 345 g/mol. The van der Waals surface area contributed by atoms with Crippen LogP contribution in [0.15, 0.2) is 28.7 Å². The SMILES string of the molecule is O=C(O)CCNC(=O)NC(CCO)c1ccccc1Br. The fourth-order valence-electron chi connectivity index (χ4n) is 1.68. The largest absolute Gasteiger partial charge is 0.481 e. The van der Waals surface area contributed by atoms with E-state index < -0.39 is 12.0 Å². The molecule has 1 atom stereocenters. The van der Waals surface area contributed by atoms with Gasteiger partial charge in [0, 0.05) is 17.6 Å². The quantitative estimate of drug-likeness (QED) is 0.604. The zero-order valence-corrected chi connectivity index (χ0v) is 12.4. The van der Waals surface area contributed by atoms with E-state index in [1.807, 2.05) is 24.3 Å². The van der Waals surface area contributed by atoms with Gasteiger partial charge in [0.15, 0.2) is 0 Å². The van der Waals surface area contributed by atoms with Gasteiger partial charge in [0.1, 0.15) is 0 Å². The second-order valence-electron chi connectivity index (χ2n) is 4.13. The summed E-state index contributed by atoms with van der Waals surface area (Å²) in [6.07, 6.45) is 0.238. The Balaban J connectivity index is 2.61. The highest BCUT2D eigenvalue weighted by Crippen LogP contribution is 2.25. The lowest BCUT2D eigenvalue weighted by Gasteiger charge is -2.19. The molecule has 0 bridgehead atoms. The summed E-state index contributed by atoms with van der Waals surface area (Å²) >= 11 is 3.40. The van der Waals surface area contributed by atoms with E-state index in [1.54, 1.807) is 0 Å². The zero-order valence-electron chi connectivity index (χ0n) is 10.8. The number of urea groups is 1. The molecule has 0 saturated carbocycles. The van der Waals surface area contributed by atoms with Crippen molar-refractivity contribution < 1.29 is 19.8 Å². The third-order valence-corrected chi connectivity index (χ3v) is 3.35. The molecule has 0 spiro atoms. The molecule has 1 aromatic carbocycles. The second kappa shape index (κ2) is 8.55. The summed E-state index contributed by atoms with van der Waals surface area (Å²) in [5.41, 5.74) is 0.856. The van der Waals surface area contributed by atoms with E-state index >= 15 is 0 Å². The summed E-state index contributed by atoms with van der Waals surface area (Å²) in [6, 6.07) is 6.59. The van der Waals surface area contributed by atoms with Gasteiger partial charge in [-0.15, -0.1) is 0 Å². The van der Waals surface area contributed by atoms with Crippen molar-refractivity contribution >= 4 is 27.9 Å². The minimum Gasteiger partial charge on any atom is -0.481 e. The lowest BCUT2D eigenvalue weighted by molar-refractivity contribution is -0.136. The summed E-state index contributed by atoms with van der Waals surface area (Å²) in [6.45, 7) is -0.00955. The summed E-state index contributed by atoms with van der Waals surface area (Å²) in [5.74, 6) is -0.969. The van der Waals surface area contributed by atoms with Crippen LogP contribution in [0.3, 0.4) is 0 Å². The van der Waals surface area contributed by atoms with Crippen molar-refractivity contribution in [1.82, 2.24) is 10.6 Å². The number of hydrogen-bond donors (Lipinski definition) is 4. The summed E-state index contributed by atoms with van der Waals surface area (Å²) in [7, 11) is 0. The number of hydrogen-bond acceptors (Lipinski definition) is 3. The van der Waals surface area contributed by atoms with Crippen LogP contribution in [-0.4, -0.2) is 35.4 Å². The molecule has 0 aliphatic heterocycles. The highest BCUT2D eigenvalue weighted by Gasteiger charge is 2.16. The van der Waals surface area contributed by atoms with Gasteiger partial charge < -0.3 is 20.8 Å². The summed E-state index contributed by atoms with van der Waals surface area (Å²) < 4.78 is 0.837. The Kier molecular flexibility index (Phi) is 7.03. The van der Waals surface area contributed by atoms with E-state index in [4.69, 9.17) is 10.2 Å². The minimum absolute atomic E-state index is 0.0585. The van der Waals surface area contributed by atoms with Gasteiger partial charge in [0.25, 0.3) is 0 Å². The van der Waals surface area contributed by atoms with E-state index in [-0.39, 0.29) is 25.6 Å². The molecule has 0 heterocycles. The van der Waals surface area contributed by atoms with E-state index in [0.717, 1.165) is 10.0 Å². The molecular formula is C13H17BrN2O4. The molecule has 0 aliphatic carbocycles. The van der Waals surface area contributed by atoms with Crippen LogP contribution in [0.25, 0.3) is 0 Å². The maximum atomic E-state index is 11.7. The molecule has 0 fully saturated rings. The molecule has 1 aromatic rings. The van der Waals surface area contributed by atoms with Crippen molar-refractivity contribution in [3.63, 3.8) is 0 Å². The van der Waals surface area contributed by atoms with Crippen LogP contribution in [-0.2, 0) is 4.79 Å². The van der Waals surface area contributed by atoms with Crippen LogP contribution in [0.4, 0.5) is 4.79 Å². The van der Waals surface area contributed by atoms with Crippen molar-refractivity contribution in [1.29, 1.82) is 0 Å². The highest BCUT2D eigenvalue weighted by molar-refractivity contribution is 9.10. The maximum absolute atomic E-state index is 11.7. The van der Waals surface area contributed by atoms with Gasteiger partial charge in [-0.1, -0.05) is 34.1 Å². The van der Waals surface area contributed by atoms with Crippen LogP contribution in [0, 0.1) is 0 Å². The van der Waals surface area contributed by atoms with Crippen molar-refractivity contribution in [2.45, 2.75) is 18.9 Å². The predicted octanol–water partition coefficient (Wildman–Crippen LogP) is 1.65. The zero-order chi connectivity index (χ0) is 15.0. The molecule has 0 saturated heterocycles. The number of aliphatic hydroxyl groups excluding tert-OH is 1. The molecule has 0 radical (unpaired) electrons. The summed E-state index contributed by atoms with van der Waals surface area (Å²) in [4.78, 5) is 22.0. The fraction of sp³-hybridized carbons (Fsp3) is 0.385. The average Bonchev–Trinajstić information content (AvgIpc) is 2.38. The first kappa shape index (κ1) is 16.5. The molecule has 110 valence electrons. The van der Waals surface area contributed by atoms with Crippen LogP contribution in [0.5, 0.6) is 0 Å². The van der Waals surface area contributed by atoms with E-state index in [2.05, 4.69) is 26.6 Å². The highest BCUT2D eigenvalue weighted by atomic mass is 79.9. The number of carbonyl (C=O) groups is 2. The number of nitrogens with one attached hydrogen (secondary N) is 2. The Hall–Kier alpha value is -1.60. The van der Waals surface area contributed by atoms with Gasteiger partial charge in [0.05, 0.1) is 12.5 Å². The van der Waals surface area contributed by atoms with Gasteiger partial charge in [-0.25, -0.2) is 4.79 Å². The third kappa shape index (κ3) is 5.58. The number of aliphatic carboxylic acids is 1. The molecular weight excluding hydrogens is 328 g/mol. The number of carboxylic acids is 1. The van der Waals surface area contributed by atoms with Gasteiger partial charge in [-0.05, 0) is 18.1 Å². The van der Waals surface area contributed by atoms with Crippen LogP contribution < -0.4 is 10.6 Å². The van der Waals surface area contributed by atoms with Crippen molar-refractivity contribution in [3.8, 4) is 0 Å². The number of halogens is 1. The smallest absolute Gasteiger partial charge is 0.315 e. The monoisotopic (exact) mass is 344 g/mol. The molecule has 0 aliphatic rings.